The Labute approximate surface area is 162 Å². The third kappa shape index (κ3) is 4.03. The van der Waals surface area contributed by atoms with Crippen molar-refractivity contribution >= 4 is 29.5 Å². The van der Waals surface area contributed by atoms with Gasteiger partial charge in [0.15, 0.2) is 0 Å². The van der Waals surface area contributed by atoms with Crippen molar-refractivity contribution in [3.05, 3.63) is 65.2 Å². The molecule has 0 atom stereocenters. The molecule has 1 N–H and O–H groups in total. The molecular formula is C21H20N2O5. The number of hydrogen-bond acceptors (Lipinski definition) is 5. The minimum Gasteiger partial charge on any atom is -0.497 e. The van der Waals surface area contributed by atoms with E-state index in [1.807, 2.05) is 0 Å². The number of nitrogens with zero attached hydrogens (tertiary/aromatic N) is 1. The van der Waals surface area contributed by atoms with Gasteiger partial charge >= 0.3 is 5.97 Å². The second kappa shape index (κ2) is 7.96. The van der Waals surface area contributed by atoms with Gasteiger partial charge in [0, 0.05) is 0 Å². The van der Waals surface area contributed by atoms with Gasteiger partial charge in [0.2, 0.25) is 0 Å². The van der Waals surface area contributed by atoms with E-state index in [9.17, 15) is 14.4 Å². The van der Waals surface area contributed by atoms with Gasteiger partial charge in [0.05, 0.1) is 24.5 Å². The first-order chi connectivity index (χ1) is 13.4. The highest BCUT2D eigenvalue weighted by Gasteiger charge is 2.34. The first-order valence-corrected chi connectivity index (χ1v) is 8.71. The number of benzene rings is 2. The maximum atomic E-state index is 12.7. The maximum absolute atomic E-state index is 12.7. The molecule has 28 heavy (non-hydrogen) atoms. The number of hydrogen-bond donors (Lipinski definition) is 1. The van der Waals surface area contributed by atoms with Gasteiger partial charge in [-0.05, 0) is 61.9 Å². The predicted octanol–water partition coefficient (Wildman–Crippen LogP) is 2.72. The molecule has 0 bridgehead atoms. The Balaban J connectivity index is 1.79. The molecule has 3 rings (SSSR count). The van der Waals surface area contributed by atoms with Crippen LogP contribution in [-0.4, -0.2) is 31.0 Å². The summed E-state index contributed by atoms with van der Waals surface area (Å²) in [6, 6.07) is 13.2. The predicted molar refractivity (Wildman–Crippen MR) is 104 cm³/mol. The van der Waals surface area contributed by atoms with Crippen LogP contribution < -0.4 is 15.2 Å². The van der Waals surface area contributed by atoms with Crippen molar-refractivity contribution in [1.29, 1.82) is 0 Å². The summed E-state index contributed by atoms with van der Waals surface area (Å²) in [5, 5.41) is 1.15. The van der Waals surface area contributed by atoms with Gasteiger partial charge in [-0.2, -0.15) is 0 Å². The third-order valence-electron chi connectivity index (χ3n) is 4.02. The Morgan fingerprint density at radius 1 is 1.04 bits per heavy atom. The van der Waals surface area contributed by atoms with E-state index in [1.54, 1.807) is 69.5 Å². The second-order valence-electron chi connectivity index (χ2n) is 6.41. The highest BCUT2D eigenvalue weighted by molar-refractivity contribution is 6.31. The first-order valence-electron chi connectivity index (χ1n) is 8.71. The Kier molecular flexibility index (Phi) is 5.44. The summed E-state index contributed by atoms with van der Waals surface area (Å²) in [4.78, 5) is 36.8. The average Bonchev–Trinajstić information content (AvgIpc) is 2.96. The molecule has 1 heterocycles. The molecule has 1 saturated heterocycles. The number of ether oxygens (including phenoxy) is 2. The molecule has 2 aromatic carbocycles. The molecule has 0 radical (unpaired) electrons. The quantitative estimate of drug-likeness (QED) is 0.490. The van der Waals surface area contributed by atoms with Crippen molar-refractivity contribution in [2.24, 2.45) is 0 Å². The van der Waals surface area contributed by atoms with Gasteiger partial charge in [0.25, 0.3) is 11.8 Å². The van der Waals surface area contributed by atoms with E-state index >= 15 is 0 Å². The molecule has 2 amide bonds. The number of hydrazine groups is 1. The summed E-state index contributed by atoms with van der Waals surface area (Å²) in [5.41, 5.74) is 4.06. The Hall–Kier alpha value is -3.61. The monoisotopic (exact) mass is 380 g/mol. The number of anilines is 1. The Bertz CT molecular complexity index is 930. The molecule has 1 aliphatic heterocycles. The SMILES string of the molecule is COc1ccc(/C=C2/C(=O)NN(c3ccc(C(=O)OC(C)C)cc3)C2=O)cc1. The minimum absolute atomic E-state index is 0.0217. The molecule has 0 spiro atoms. The largest absolute Gasteiger partial charge is 0.497 e. The second-order valence-corrected chi connectivity index (χ2v) is 6.41. The number of methoxy groups -OCH3 is 1. The average molecular weight is 380 g/mol. The zero-order valence-electron chi connectivity index (χ0n) is 15.8. The molecule has 7 nitrogen and oxygen atoms in total. The molecule has 0 aliphatic carbocycles. The number of carbonyl (C=O) groups is 3. The lowest BCUT2D eigenvalue weighted by Crippen LogP contribution is -2.35. The smallest absolute Gasteiger partial charge is 0.338 e. The van der Waals surface area contributed by atoms with Crippen LogP contribution in [-0.2, 0) is 14.3 Å². The molecule has 2 aromatic rings. The zero-order chi connectivity index (χ0) is 20.3. The van der Waals surface area contributed by atoms with Crippen molar-refractivity contribution in [3.63, 3.8) is 0 Å². The van der Waals surface area contributed by atoms with Crippen LogP contribution >= 0.6 is 0 Å². The molecule has 7 heteroatoms. The van der Waals surface area contributed by atoms with Crippen molar-refractivity contribution in [2.75, 3.05) is 12.1 Å². The van der Waals surface area contributed by atoms with Crippen LogP contribution in [0.15, 0.2) is 54.1 Å². The Morgan fingerprint density at radius 3 is 2.25 bits per heavy atom. The fourth-order valence-corrected chi connectivity index (χ4v) is 2.63. The molecule has 0 unspecified atom stereocenters. The van der Waals surface area contributed by atoms with E-state index in [1.165, 1.54) is 6.08 Å². The number of amides is 2. The summed E-state index contributed by atoms with van der Waals surface area (Å²) >= 11 is 0. The molecule has 0 aromatic heterocycles. The van der Waals surface area contributed by atoms with Crippen molar-refractivity contribution in [3.8, 4) is 5.75 Å². The topological polar surface area (TPSA) is 84.9 Å². The lowest BCUT2D eigenvalue weighted by molar-refractivity contribution is -0.117. The van der Waals surface area contributed by atoms with Crippen molar-refractivity contribution in [2.45, 2.75) is 20.0 Å². The van der Waals surface area contributed by atoms with E-state index in [4.69, 9.17) is 9.47 Å². The van der Waals surface area contributed by atoms with Crippen molar-refractivity contribution in [1.82, 2.24) is 5.43 Å². The van der Waals surface area contributed by atoms with Crippen LogP contribution in [0.3, 0.4) is 0 Å². The van der Waals surface area contributed by atoms with Crippen LogP contribution in [0.2, 0.25) is 0 Å². The molecule has 0 saturated carbocycles. The Morgan fingerprint density at radius 2 is 1.68 bits per heavy atom. The summed E-state index contributed by atoms with van der Waals surface area (Å²) in [6.07, 6.45) is 1.29. The first kappa shape index (κ1) is 19.2. The summed E-state index contributed by atoms with van der Waals surface area (Å²) in [7, 11) is 1.56. The molecule has 1 aliphatic rings. The highest BCUT2D eigenvalue weighted by atomic mass is 16.5. The van der Waals surface area contributed by atoms with Crippen molar-refractivity contribution < 1.29 is 23.9 Å². The number of nitrogens with one attached hydrogen (secondary N) is 1. The normalized spacial score (nSPS) is 15.1. The summed E-state index contributed by atoms with van der Waals surface area (Å²) < 4.78 is 10.2. The van der Waals surface area contributed by atoms with Gasteiger partial charge < -0.3 is 9.47 Å². The van der Waals surface area contributed by atoms with Gasteiger partial charge in [-0.15, -0.1) is 0 Å². The van der Waals surface area contributed by atoms with Gasteiger partial charge in [-0.1, -0.05) is 12.1 Å². The maximum Gasteiger partial charge on any atom is 0.338 e. The van der Waals surface area contributed by atoms with Crippen LogP contribution in [0.1, 0.15) is 29.8 Å². The van der Waals surface area contributed by atoms with E-state index in [-0.39, 0.29) is 11.7 Å². The zero-order valence-corrected chi connectivity index (χ0v) is 15.8. The standard InChI is InChI=1S/C21H20N2O5/c1-13(2)28-21(26)15-6-8-16(9-7-15)23-20(25)18(19(24)22-23)12-14-4-10-17(27-3)11-5-14/h4-13H,1-3H3,(H,22,24)/b18-12-. The number of rotatable bonds is 5. The van der Waals surface area contributed by atoms with Crippen LogP contribution in [0.25, 0.3) is 6.08 Å². The third-order valence-corrected chi connectivity index (χ3v) is 4.02. The molecule has 1 fully saturated rings. The van der Waals surface area contributed by atoms with Gasteiger partial charge in [-0.3, -0.25) is 15.0 Å². The van der Waals surface area contributed by atoms with Crippen LogP contribution in [0.5, 0.6) is 5.75 Å². The highest BCUT2D eigenvalue weighted by Crippen LogP contribution is 2.23. The van der Waals surface area contributed by atoms with Gasteiger partial charge in [-0.25, -0.2) is 9.80 Å². The fourth-order valence-electron chi connectivity index (χ4n) is 2.63. The molecule has 144 valence electrons. The lowest BCUT2D eigenvalue weighted by atomic mass is 10.1. The van der Waals surface area contributed by atoms with Crippen LogP contribution in [0.4, 0.5) is 5.69 Å². The van der Waals surface area contributed by atoms with Gasteiger partial charge in [0.1, 0.15) is 11.3 Å². The van der Waals surface area contributed by atoms with E-state index in [0.717, 1.165) is 5.01 Å². The fraction of sp³-hybridized carbons (Fsp3) is 0.190. The summed E-state index contributed by atoms with van der Waals surface area (Å²) in [6.45, 7) is 3.53. The number of esters is 1. The lowest BCUT2D eigenvalue weighted by Gasteiger charge is -2.15. The number of carbonyl (C=O) groups excluding carboxylic acids is 3. The minimum atomic E-state index is -0.496. The van der Waals surface area contributed by atoms with E-state index in [2.05, 4.69) is 5.43 Å². The van der Waals surface area contributed by atoms with Crippen LogP contribution in [0, 0.1) is 0 Å². The van der Waals surface area contributed by atoms with E-state index in [0.29, 0.717) is 22.6 Å². The summed E-state index contributed by atoms with van der Waals surface area (Å²) in [5.74, 6) is -0.733. The molecular weight excluding hydrogens is 360 g/mol. The van der Waals surface area contributed by atoms with E-state index < -0.39 is 17.8 Å².